The summed E-state index contributed by atoms with van der Waals surface area (Å²) in [5.74, 6) is -0.402. The molecule has 1 unspecified atom stereocenters. The molecule has 0 spiro atoms. The van der Waals surface area contributed by atoms with Crippen LogP contribution in [0.3, 0.4) is 0 Å². The molecule has 1 aromatic rings. The van der Waals surface area contributed by atoms with Crippen LogP contribution in [0.1, 0.15) is 24.2 Å². The predicted octanol–water partition coefficient (Wildman–Crippen LogP) is 3.89. The minimum Gasteiger partial charge on any atom is -0.342 e. The van der Waals surface area contributed by atoms with Crippen molar-refractivity contribution in [3.05, 3.63) is 34.1 Å². The fraction of sp³-hybridized carbons (Fsp3) is 0.417. The molecule has 1 aromatic carbocycles. The molecule has 1 atom stereocenters. The van der Waals surface area contributed by atoms with Crippen LogP contribution >= 0.6 is 31.9 Å². The van der Waals surface area contributed by atoms with Crippen LogP contribution in [0, 0.1) is 5.82 Å². The second kappa shape index (κ2) is 6.50. The van der Waals surface area contributed by atoms with Crippen molar-refractivity contribution in [3.8, 4) is 0 Å². The fourth-order valence-corrected chi connectivity index (χ4v) is 2.99. The maximum atomic E-state index is 13.2. The van der Waals surface area contributed by atoms with Crippen molar-refractivity contribution < 1.29 is 9.18 Å². The molecule has 0 bridgehead atoms. The van der Waals surface area contributed by atoms with E-state index in [4.69, 9.17) is 0 Å². The molecule has 5 heteroatoms. The summed E-state index contributed by atoms with van der Waals surface area (Å²) in [6.45, 7) is 5.12. The van der Waals surface area contributed by atoms with Gasteiger partial charge in [-0.25, -0.2) is 4.39 Å². The summed E-state index contributed by atoms with van der Waals surface area (Å²) in [4.78, 5) is 13.3. The van der Waals surface area contributed by atoms with Gasteiger partial charge in [0, 0.05) is 17.6 Å². The average Bonchev–Trinajstić information content (AvgIpc) is 2.32. The van der Waals surface area contributed by atoms with Gasteiger partial charge in [-0.2, -0.15) is 0 Å². The first-order chi connectivity index (χ1) is 8.01. The number of carbonyl (C=O) groups is 1. The number of nitrogens with zero attached hydrogens (tertiary/aromatic N) is 1. The summed E-state index contributed by atoms with van der Waals surface area (Å²) in [5, 5.41) is 0. The quantitative estimate of drug-likeness (QED) is 0.740. The zero-order valence-electron chi connectivity index (χ0n) is 9.71. The van der Waals surface area contributed by atoms with Gasteiger partial charge < -0.3 is 4.90 Å². The Morgan fingerprint density at radius 1 is 1.41 bits per heavy atom. The summed E-state index contributed by atoms with van der Waals surface area (Å²) in [6, 6.07) is 4.33. The van der Waals surface area contributed by atoms with Crippen molar-refractivity contribution in [3.63, 3.8) is 0 Å². The predicted molar refractivity (Wildman–Crippen MR) is 73.7 cm³/mol. The lowest BCUT2D eigenvalue weighted by atomic mass is 10.1. The highest BCUT2D eigenvalue weighted by Crippen LogP contribution is 2.31. The van der Waals surface area contributed by atoms with E-state index in [1.807, 2.05) is 13.8 Å². The number of likely N-dealkylation sites (N-methyl/N-ethyl adjacent to an activating group) is 1. The van der Waals surface area contributed by atoms with Gasteiger partial charge in [0.15, 0.2) is 0 Å². The van der Waals surface area contributed by atoms with Gasteiger partial charge in [0.2, 0.25) is 5.91 Å². The lowest BCUT2D eigenvalue weighted by Crippen LogP contribution is -2.33. The van der Waals surface area contributed by atoms with E-state index < -0.39 is 4.83 Å². The third-order valence-electron chi connectivity index (χ3n) is 2.52. The van der Waals surface area contributed by atoms with E-state index in [1.165, 1.54) is 12.1 Å². The number of benzene rings is 1. The van der Waals surface area contributed by atoms with Crippen molar-refractivity contribution in [1.82, 2.24) is 4.90 Å². The molecule has 94 valence electrons. The first-order valence-electron chi connectivity index (χ1n) is 5.39. The lowest BCUT2D eigenvalue weighted by Gasteiger charge is -2.22. The largest absolute Gasteiger partial charge is 0.342 e. The summed E-state index contributed by atoms with van der Waals surface area (Å²) < 4.78 is 13.9. The van der Waals surface area contributed by atoms with Gasteiger partial charge in [0.25, 0.3) is 0 Å². The summed E-state index contributed by atoms with van der Waals surface area (Å²) in [6.07, 6.45) is 0. The molecular formula is C12H14Br2FNO. The van der Waals surface area contributed by atoms with Gasteiger partial charge in [-0.1, -0.05) is 31.9 Å². The highest BCUT2D eigenvalue weighted by atomic mass is 79.9. The van der Waals surface area contributed by atoms with Crippen LogP contribution < -0.4 is 0 Å². The number of hydrogen-bond acceptors (Lipinski definition) is 1. The third kappa shape index (κ3) is 3.52. The molecule has 1 rings (SSSR count). The maximum absolute atomic E-state index is 13.2. The maximum Gasteiger partial charge on any atom is 0.240 e. The molecule has 2 nitrogen and oxygen atoms in total. The summed E-state index contributed by atoms with van der Waals surface area (Å²) in [7, 11) is 0. The van der Waals surface area contributed by atoms with E-state index in [-0.39, 0.29) is 11.7 Å². The highest BCUT2D eigenvalue weighted by Gasteiger charge is 2.23. The van der Waals surface area contributed by atoms with Crippen LogP contribution in [0.25, 0.3) is 0 Å². The topological polar surface area (TPSA) is 20.3 Å². The normalized spacial score (nSPS) is 12.3. The standard InChI is InChI=1S/C12H14Br2FNO/c1-3-16(4-2)12(17)11(14)9-7-8(15)5-6-10(9)13/h5-7,11H,3-4H2,1-2H3. The minimum absolute atomic E-state index is 0.0544. The highest BCUT2D eigenvalue weighted by molar-refractivity contribution is 9.11. The Balaban J connectivity index is 2.99. The van der Waals surface area contributed by atoms with Crippen LogP contribution in [-0.4, -0.2) is 23.9 Å². The molecule has 0 radical (unpaired) electrons. The summed E-state index contributed by atoms with van der Waals surface area (Å²) in [5.41, 5.74) is 0.613. The number of amides is 1. The van der Waals surface area contributed by atoms with Gasteiger partial charge in [0.1, 0.15) is 10.6 Å². The number of carbonyl (C=O) groups excluding carboxylic acids is 1. The van der Waals surface area contributed by atoms with E-state index in [0.717, 1.165) is 4.47 Å². The first kappa shape index (κ1) is 14.6. The van der Waals surface area contributed by atoms with Crippen molar-refractivity contribution >= 4 is 37.8 Å². The van der Waals surface area contributed by atoms with Gasteiger partial charge in [-0.15, -0.1) is 0 Å². The van der Waals surface area contributed by atoms with Crippen LogP contribution in [0.5, 0.6) is 0 Å². The van der Waals surface area contributed by atoms with E-state index in [0.29, 0.717) is 18.7 Å². The molecule has 0 aromatic heterocycles. The fourth-order valence-electron chi connectivity index (χ4n) is 1.54. The molecule has 0 aliphatic carbocycles. The summed E-state index contributed by atoms with van der Waals surface area (Å²) >= 11 is 6.66. The van der Waals surface area contributed by atoms with Crippen molar-refractivity contribution in [2.45, 2.75) is 18.7 Å². The molecular weight excluding hydrogens is 353 g/mol. The van der Waals surface area contributed by atoms with Crippen LogP contribution in [0.4, 0.5) is 4.39 Å². The van der Waals surface area contributed by atoms with Crippen molar-refractivity contribution in [1.29, 1.82) is 0 Å². The molecule has 0 fully saturated rings. The zero-order valence-corrected chi connectivity index (χ0v) is 12.9. The molecule has 0 aliphatic rings. The Morgan fingerprint density at radius 3 is 2.53 bits per heavy atom. The molecule has 0 heterocycles. The lowest BCUT2D eigenvalue weighted by molar-refractivity contribution is -0.130. The van der Waals surface area contributed by atoms with E-state index in [1.54, 1.807) is 11.0 Å². The third-order valence-corrected chi connectivity index (χ3v) is 4.13. The van der Waals surface area contributed by atoms with Gasteiger partial charge in [-0.3, -0.25) is 4.79 Å². The first-order valence-corrected chi connectivity index (χ1v) is 7.09. The Hall–Kier alpha value is -0.420. The minimum atomic E-state index is -0.521. The molecule has 0 saturated heterocycles. The van der Waals surface area contributed by atoms with Gasteiger partial charge >= 0.3 is 0 Å². The number of alkyl halides is 1. The van der Waals surface area contributed by atoms with Crippen molar-refractivity contribution in [2.24, 2.45) is 0 Å². The molecule has 0 saturated carbocycles. The Morgan fingerprint density at radius 2 is 2.00 bits per heavy atom. The molecule has 1 amide bonds. The molecule has 0 N–H and O–H groups in total. The van der Waals surface area contributed by atoms with Gasteiger partial charge in [0.05, 0.1) is 0 Å². The number of halogens is 3. The smallest absolute Gasteiger partial charge is 0.240 e. The molecule has 17 heavy (non-hydrogen) atoms. The Bertz CT molecular complexity index is 407. The Labute approximate surface area is 117 Å². The van der Waals surface area contributed by atoms with Gasteiger partial charge in [-0.05, 0) is 37.6 Å². The number of rotatable bonds is 4. The second-order valence-electron chi connectivity index (χ2n) is 3.54. The van der Waals surface area contributed by atoms with E-state index in [9.17, 15) is 9.18 Å². The molecule has 0 aliphatic heterocycles. The van der Waals surface area contributed by atoms with Crippen molar-refractivity contribution in [2.75, 3.05) is 13.1 Å². The zero-order chi connectivity index (χ0) is 13.0. The van der Waals surface area contributed by atoms with Crippen LogP contribution in [-0.2, 0) is 4.79 Å². The van der Waals surface area contributed by atoms with Crippen LogP contribution in [0.15, 0.2) is 22.7 Å². The Kier molecular flexibility index (Phi) is 5.59. The van der Waals surface area contributed by atoms with E-state index >= 15 is 0 Å². The van der Waals surface area contributed by atoms with E-state index in [2.05, 4.69) is 31.9 Å². The monoisotopic (exact) mass is 365 g/mol. The number of hydrogen-bond donors (Lipinski definition) is 0. The average molecular weight is 367 g/mol. The SMILES string of the molecule is CCN(CC)C(=O)C(Br)c1cc(F)ccc1Br. The van der Waals surface area contributed by atoms with Crippen LogP contribution in [0.2, 0.25) is 0 Å². The second-order valence-corrected chi connectivity index (χ2v) is 5.31.